The highest BCUT2D eigenvalue weighted by Gasteiger charge is 2.02. The predicted molar refractivity (Wildman–Crippen MR) is 116 cm³/mol. The molecule has 0 bridgehead atoms. The second kappa shape index (κ2) is 11.5. The Morgan fingerprint density at radius 1 is 1.16 bits per heavy atom. The van der Waals surface area contributed by atoms with E-state index in [1.807, 2.05) is 13.8 Å². The Kier molecular flexibility index (Phi) is 10.0. The van der Waals surface area contributed by atoms with Crippen molar-refractivity contribution in [2.24, 2.45) is 4.99 Å². The summed E-state index contributed by atoms with van der Waals surface area (Å²) in [6.07, 6.45) is 3.08. The molecule has 6 nitrogen and oxygen atoms in total. The maximum absolute atomic E-state index is 4.48. The van der Waals surface area contributed by atoms with Crippen molar-refractivity contribution in [3.8, 4) is 0 Å². The molecule has 2 heterocycles. The van der Waals surface area contributed by atoms with Crippen LogP contribution >= 0.6 is 35.3 Å². The van der Waals surface area contributed by atoms with Gasteiger partial charge in [-0.2, -0.15) is 5.10 Å². The molecule has 2 aromatic rings. The van der Waals surface area contributed by atoms with E-state index >= 15 is 0 Å². The molecule has 0 saturated carbocycles. The predicted octanol–water partition coefficient (Wildman–Crippen LogP) is 3.07. The van der Waals surface area contributed by atoms with E-state index in [9.17, 15) is 0 Å². The van der Waals surface area contributed by atoms with Crippen molar-refractivity contribution in [2.75, 3.05) is 20.1 Å². The highest BCUT2D eigenvalue weighted by molar-refractivity contribution is 14.0. The first-order valence-corrected chi connectivity index (χ1v) is 9.33. The van der Waals surface area contributed by atoms with Crippen molar-refractivity contribution in [2.45, 2.75) is 46.6 Å². The molecule has 0 saturated heterocycles. The molecule has 0 aromatic carbocycles. The number of nitrogens with one attached hydrogen (secondary N) is 2. The Balaban J connectivity index is 0.00000312. The number of hydrogen-bond donors (Lipinski definition) is 2. The van der Waals surface area contributed by atoms with Crippen molar-refractivity contribution in [3.05, 3.63) is 33.5 Å². The lowest BCUT2D eigenvalue weighted by Gasteiger charge is -2.12. The first-order valence-electron chi connectivity index (χ1n) is 8.45. The molecule has 0 aliphatic heterocycles. The lowest BCUT2D eigenvalue weighted by Crippen LogP contribution is -2.38. The van der Waals surface area contributed by atoms with Gasteiger partial charge in [0.2, 0.25) is 0 Å². The first-order chi connectivity index (χ1) is 11.6. The van der Waals surface area contributed by atoms with Crippen LogP contribution in [-0.2, 0) is 13.0 Å². The molecule has 0 unspecified atom stereocenters. The van der Waals surface area contributed by atoms with E-state index in [2.05, 4.69) is 48.8 Å². The van der Waals surface area contributed by atoms with E-state index in [0.29, 0.717) is 0 Å². The van der Waals surface area contributed by atoms with Crippen LogP contribution in [0.15, 0.2) is 16.4 Å². The molecule has 2 N–H and O–H groups in total. The summed E-state index contributed by atoms with van der Waals surface area (Å²) in [4.78, 5) is 8.74. The molecular weight excluding hydrogens is 447 g/mol. The zero-order chi connectivity index (χ0) is 17.4. The molecule has 0 amide bonds. The summed E-state index contributed by atoms with van der Waals surface area (Å²) in [6.45, 7) is 8.86. The van der Waals surface area contributed by atoms with Crippen molar-refractivity contribution in [1.82, 2.24) is 25.4 Å². The van der Waals surface area contributed by atoms with Crippen LogP contribution in [0.1, 0.15) is 34.9 Å². The highest BCUT2D eigenvalue weighted by atomic mass is 127. The third-order valence-electron chi connectivity index (χ3n) is 3.69. The van der Waals surface area contributed by atoms with Crippen molar-refractivity contribution in [3.63, 3.8) is 0 Å². The zero-order valence-corrected chi connectivity index (χ0v) is 18.6. The summed E-state index contributed by atoms with van der Waals surface area (Å²) >= 11 is 1.74. The number of guanidine groups is 1. The van der Waals surface area contributed by atoms with Crippen molar-refractivity contribution >= 4 is 41.3 Å². The second-order valence-corrected chi connectivity index (χ2v) is 6.86. The monoisotopic (exact) mass is 476 g/mol. The van der Waals surface area contributed by atoms with Gasteiger partial charge in [-0.3, -0.25) is 9.67 Å². The standard InChI is InChI=1S/C17H28N6S.HI/c1-13-11-15(3)23(22-13)10-6-9-20-17(18-4)19-8-5-7-16-21-14(2)12-24-16;/h11-12H,5-10H2,1-4H3,(H2,18,19,20);1H. The highest BCUT2D eigenvalue weighted by Crippen LogP contribution is 2.10. The quantitative estimate of drug-likeness (QED) is 0.266. The maximum Gasteiger partial charge on any atom is 0.190 e. The summed E-state index contributed by atoms with van der Waals surface area (Å²) < 4.78 is 2.06. The molecule has 2 aromatic heterocycles. The van der Waals surface area contributed by atoms with E-state index in [1.54, 1.807) is 18.4 Å². The van der Waals surface area contributed by atoms with Gasteiger partial charge in [-0.05, 0) is 39.7 Å². The van der Waals surface area contributed by atoms with Crippen LogP contribution in [0.5, 0.6) is 0 Å². The Hall–Kier alpha value is -1.16. The molecule has 0 spiro atoms. The van der Waals surface area contributed by atoms with E-state index in [0.717, 1.165) is 56.2 Å². The van der Waals surface area contributed by atoms with Gasteiger partial charge in [0, 0.05) is 49.9 Å². The Bertz CT molecular complexity index is 664. The van der Waals surface area contributed by atoms with Gasteiger partial charge < -0.3 is 10.6 Å². The minimum atomic E-state index is 0. The average Bonchev–Trinajstić information content (AvgIpc) is 3.10. The molecule has 140 valence electrons. The Morgan fingerprint density at radius 3 is 2.44 bits per heavy atom. The molecule has 0 aliphatic rings. The molecular formula is C17H29IN6S. The number of halogens is 1. The van der Waals surface area contributed by atoms with Crippen LogP contribution < -0.4 is 10.6 Å². The zero-order valence-electron chi connectivity index (χ0n) is 15.5. The Morgan fingerprint density at radius 2 is 1.88 bits per heavy atom. The number of hydrogen-bond acceptors (Lipinski definition) is 4. The lowest BCUT2D eigenvalue weighted by atomic mass is 10.3. The molecule has 0 aliphatic carbocycles. The van der Waals surface area contributed by atoms with Crippen molar-refractivity contribution in [1.29, 1.82) is 0 Å². The number of aryl methyl sites for hydroxylation is 5. The summed E-state index contributed by atoms with van der Waals surface area (Å²) in [6, 6.07) is 2.11. The van der Waals surface area contributed by atoms with E-state index in [1.165, 1.54) is 10.7 Å². The van der Waals surface area contributed by atoms with Crippen molar-refractivity contribution < 1.29 is 0 Å². The summed E-state index contributed by atoms with van der Waals surface area (Å²) in [7, 11) is 1.81. The average molecular weight is 476 g/mol. The molecule has 2 rings (SSSR count). The van der Waals surface area contributed by atoms with E-state index in [-0.39, 0.29) is 24.0 Å². The third-order valence-corrected chi connectivity index (χ3v) is 4.72. The van der Waals surface area contributed by atoms with Gasteiger partial charge in [-0.25, -0.2) is 4.98 Å². The number of aromatic nitrogens is 3. The summed E-state index contributed by atoms with van der Waals surface area (Å²) in [5, 5.41) is 14.5. The van der Waals surface area contributed by atoms with E-state index < -0.39 is 0 Å². The van der Waals surface area contributed by atoms with Gasteiger partial charge in [-0.15, -0.1) is 35.3 Å². The number of thiazole rings is 1. The van der Waals surface area contributed by atoms with Crippen LogP contribution in [0.2, 0.25) is 0 Å². The van der Waals surface area contributed by atoms with E-state index in [4.69, 9.17) is 0 Å². The second-order valence-electron chi connectivity index (χ2n) is 5.92. The summed E-state index contributed by atoms with van der Waals surface area (Å²) in [5.74, 6) is 0.860. The Labute approximate surface area is 171 Å². The lowest BCUT2D eigenvalue weighted by molar-refractivity contribution is 0.555. The van der Waals surface area contributed by atoms with Gasteiger partial charge in [-0.1, -0.05) is 0 Å². The molecule has 25 heavy (non-hydrogen) atoms. The minimum absolute atomic E-state index is 0. The van der Waals surface area contributed by atoms with Gasteiger partial charge in [0.15, 0.2) is 5.96 Å². The number of nitrogens with zero attached hydrogens (tertiary/aromatic N) is 4. The fraction of sp³-hybridized carbons (Fsp3) is 0.588. The smallest absolute Gasteiger partial charge is 0.190 e. The minimum Gasteiger partial charge on any atom is -0.356 e. The fourth-order valence-corrected chi connectivity index (χ4v) is 3.34. The summed E-state index contributed by atoms with van der Waals surface area (Å²) in [5.41, 5.74) is 3.41. The molecule has 8 heteroatoms. The SMILES string of the molecule is CN=C(NCCCc1nc(C)cs1)NCCCn1nc(C)cc1C.I. The van der Waals surface area contributed by atoms with Crippen LogP contribution in [0.25, 0.3) is 0 Å². The third kappa shape index (κ3) is 7.72. The van der Waals surface area contributed by atoms with Gasteiger partial charge >= 0.3 is 0 Å². The normalized spacial score (nSPS) is 11.3. The van der Waals surface area contributed by atoms with Crippen LogP contribution in [0, 0.1) is 20.8 Å². The topological polar surface area (TPSA) is 67.1 Å². The van der Waals surface area contributed by atoms with Gasteiger partial charge in [0.25, 0.3) is 0 Å². The first kappa shape index (κ1) is 21.9. The molecule has 0 fully saturated rings. The molecule has 0 atom stereocenters. The van der Waals surface area contributed by atoms with Crippen LogP contribution in [0.3, 0.4) is 0 Å². The number of rotatable bonds is 8. The van der Waals surface area contributed by atoms with Crippen LogP contribution in [0.4, 0.5) is 0 Å². The van der Waals surface area contributed by atoms with Crippen LogP contribution in [-0.4, -0.2) is 40.9 Å². The fourth-order valence-electron chi connectivity index (χ4n) is 2.52. The van der Waals surface area contributed by atoms with Gasteiger partial charge in [0.1, 0.15) is 0 Å². The van der Waals surface area contributed by atoms with Gasteiger partial charge in [0.05, 0.1) is 10.7 Å². The maximum atomic E-state index is 4.48. The largest absolute Gasteiger partial charge is 0.356 e. The molecule has 0 radical (unpaired) electrons. The number of aliphatic imine (C=N–C) groups is 1.